The van der Waals surface area contributed by atoms with E-state index in [1.165, 1.54) is 5.56 Å². The van der Waals surface area contributed by atoms with Gasteiger partial charge in [0.05, 0.1) is 20.3 Å². The lowest BCUT2D eigenvalue weighted by Crippen LogP contribution is -2.47. The number of amides is 1. The quantitative estimate of drug-likeness (QED) is 0.791. The number of carbonyl (C=O) groups is 1. The van der Waals surface area contributed by atoms with E-state index in [9.17, 15) is 4.79 Å². The predicted octanol–water partition coefficient (Wildman–Crippen LogP) is 2.84. The molecule has 2 aromatic carbocycles. The van der Waals surface area contributed by atoms with E-state index in [1.54, 1.807) is 14.2 Å². The number of nitrogens with two attached hydrogens (primary N) is 1. The van der Waals surface area contributed by atoms with Gasteiger partial charge in [0.1, 0.15) is 0 Å². The molecule has 0 radical (unpaired) electrons. The molecule has 0 aromatic heterocycles. The molecule has 0 unspecified atom stereocenters. The minimum absolute atomic E-state index is 0.000402. The minimum Gasteiger partial charge on any atom is -0.493 e. The van der Waals surface area contributed by atoms with Gasteiger partial charge in [0.25, 0.3) is 0 Å². The highest BCUT2D eigenvalue weighted by molar-refractivity contribution is 6.30. The zero-order valence-corrected chi connectivity index (χ0v) is 18.2. The molecule has 2 N–H and O–H groups in total. The second kappa shape index (κ2) is 8.84. The van der Waals surface area contributed by atoms with Crippen molar-refractivity contribution in [1.82, 2.24) is 9.80 Å². The molecule has 2 aliphatic heterocycles. The number of benzene rings is 2. The molecule has 0 bridgehead atoms. The third-order valence-corrected chi connectivity index (χ3v) is 6.26. The Bertz CT molecular complexity index is 936. The Balaban J connectivity index is 1.50. The SMILES string of the molecule is COc1cc2c(cc1OC)CN(C(=O)[C@@H]1C[C@@H](N)CN1Cc1cccc(Cl)c1)CC2. The lowest BCUT2D eigenvalue weighted by molar-refractivity contribution is -0.137. The zero-order chi connectivity index (χ0) is 21.3. The van der Waals surface area contributed by atoms with E-state index in [0.717, 1.165) is 23.3 Å². The summed E-state index contributed by atoms with van der Waals surface area (Å²) >= 11 is 6.14. The van der Waals surface area contributed by atoms with Crippen LogP contribution in [0.4, 0.5) is 0 Å². The molecule has 1 amide bonds. The van der Waals surface area contributed by atoms with Crippen LogP contribution in [0.1, 0.15) is 23.1 Å². The van der Waals surface area contributed by atoms with Crippen LogP contribution in [-0.2, 0) is 24.3 Å². The van der Waals surface area contributed by atoms with Gasteiger partial charge < -0.3 is 20.1 Å². The first-order valence-electron chi connectivity index (χ1n) is 10.2. The monoisotopic (exact) mass is 429 g/mol. The van der Waals surface area contributed by atoms with Crippen molar-refractivity contribution in [1.29, 1.82) is 0 Å². The molecule has 4 rings (SSSR count). The van der Waals surface area contributed by atoms with Crippen LogP contribution in [0.5, 0.6) is 11.5 Å². The van der Waals surface area contributed by atoms with Gasteiger partial charge in [-0.15, -0.1) is 0 Å². The Morgan fingerprint density at radius 2 is 1.90 bits per heavy atom. The Morgan fingerprint density at radius 1 is 1.17 bits per heavy atom. The van der Waals surface area contributed by atoms with Gasteiger partial charge in [0.2, 0.25) is 5.91 Å². The number of halogens is 1. The summed E-state index contributed by atoms with van der Waals surface area (Å²) in [5.41, 5.74) is 9.65. The van der Waals surface area contributed by atoms with Crippen LogP contribution in [0.2, 0.25) is 5.02 Å². The van der Waals surface area contributed by atoms with Gasteiger partial charge in [-0.25, -0.2) is 0 Å². The smallest absolute Gasteiger partial charge is 0.240 e. The summed E-state index contributed by atoms with van der Waals surface area (Å²) < 4.78 is 10.9. The van der Waals surface area contributed by atoms with Crippen LogP contribution in [-0.4, -0.2) is 55.1 Å². The summed E-state index contributed by atoms with van der Waals surface area (Å²) in [4.78, 5) is 17.6. The van der Waals surface area contributed by atoms with E-state index in [1.807, 2.05) is 41.3 Å². The highest BCUT2D eigenvalue weighted by Gasteiger charge is 2.38. The lowest BCUT2D eigenvalue weighted by Gasteiger charge is -2.34. The van der Waals surface area contributed by atoms with Crippen molar-refractivity contribution in [3.63, 3.8) is 0 Å². The maximum Gasteiger partial charge on any atom is 0.240 e. The third-order valence-electron chi connectivity index (χ3n) is 6.03. The van der Waals surface area contributed by atoms with Gasteiger partial charge in [-0.1, -0.05) is 23.7 Å². The molecule has 2 aromatic rings. The molecule has 2 heterocycles. The van der Waals surface area contributed by atoms with Crippen LogP contribution in [0, 0.1) is 0 Å². The van der Waals surface area contributed by atoms with Crippen molar-refractivity contribution in [3.8, 4) is 11.5 Å². The summed E-state index contributed by atoms with van der Waals surface area (Å²) in [6.07, 6.45) is 1.48. The second-order valence-electron chi connectivity index (χ2n) is 8.06. The summed E-state index contributed by atoms with van der Waals surface area (Å²) in [5.74, 6) is 1.56. The predicted molar refractivity (Wildman–Crippen MR) is 117 cm³/mol. The highest BCUT2D eigenvalue weighted by atomic mass is 35.5. The van der Waals surface area contributed by atoms with E-state index in [0.29, 0.717) is 43.4 Å². The van der Waals surface area contributed by atoms with Crippen LogP contribution >= 0.6 is 11.6 Å². The molecule has 1 fully saturated rings. The molecular weight excluding hydrogens is 402 g/mol. The van der Waals surface area contributed by atoms with Crippen LogP contribution in [0.15, 0.2) is 36.4 Å². The largest absolute Gasteiger partial charge is 0.493 e. The normalized spacial score (nSPS) is 21.4. The molecular formula is C23H28ClN3O3. The molecule has 7 heteroatoms. The fourth-order valence-electron chi connectivity index (χ4n) is 4.52. The molecule has 0 saturated carbocycles. The van der Waals surface area contributed by atoms with Crippen molar-refractivity contribution < 1.29 is 14.3 Å². The number of carbonyl (C=O) groups excluding carboxylic acids is 1. The van der Waals surface area contributed by atoms with Gasteiger partial charge in [-0.3, -0.25) is 9.69 Å². The number of hydrogen-bond acceptors (Lipinski definition) is 5. The number of nitrogens with zero attached hydrogens (tertiary/aromatic N) is 2. The number of hydrogen-bond donors (Lipinski definition) is 1. The van der Waals surface area contributed by atoms with Gasteiger partial charge in [0, 0.05) is 37.2 Å². The molecule has 2 aliphatic rings. The van der Waals surface area contributed by atoms with E-state index >= 15 is 0 Å². The first-order valence-corrected chi connectivity index (χ1v) is 10.6. The van der Waals surface area contributed by atoms with Gasteiger partial charge in [-0.05, 0) is 53.8 Å². The maximum absolute atomic E-state index is 13.4. The Labute approximate surface area is 182 Å². The number of methoxy groups -OCH3 is 2. The Hall–Kier alpha value is -2.28. The summed E-state index contributed by atoms with van der Waals surface area (Å²) in [6.45, 7) is 2.64. The minimum atomic E-state index is -0.208. The third kappa shape index (κ3) is 4.26. The standard InChI is InChI=1S/C23H28ClN3O3/c1-29-21-9-16-6-7-26(13-17(16)10-22(21)30-2)23(28)20-11-19(25)14-27(20)12-15-4-3-5-18(24)8-15/h3-5,8-10,19-20H,6-7,11-14,25H2,1-2H3/t19-,20+/m1/s1. The number of rotatable bonds is 5. The number of fused-ring (bicyclic) bond motifs is 1. The van der Waals surface area contributed by atoms with Crippen molar-refractivity contribution in [3.05, 3.63) is 58.1 Å². The molecule has 6 nitrogen and oxygen atoms in total. The molecule has 0 aliphatic carbocycles. The average molecular weight is 430 g/mol. The fourth-order valence-corrected chi connectivity index (χ4v) is 4.74. The molecule has 0 spiro atoms. The number of ether oxygens (including phenoxy) is 2. The van der Waals surface area contributed by atoms with Crippen LogP contribution in [0.25, 0.3) is 0 Å². The van der Waals surface area contributed by atoms with Crippen LogP contribution < -0.4 is 15.2 Å². The van der Waals surface area contributed by atoms with E-state index in [4.69, 9.17) is 26.8 Å². The van der Waals surface area contributed by atoms with E-state index in [2.05, 4.69) is 4.90 Å². The summed E-state index contributed by atoms with van der Waals surface area (Å²) in [7, 11) is 3.27. The second-order valence-corrected chi connectivity index (χ2v) is 8.49. The average Bonchev–Trinajstić information content (AvgIpc) is 3.11. The van der Waals surface area contributed by atoms with Crippen molar-refractivity contribution in [2.24, 2.45) is 5.73 Å². The topological polar surface area (TPSA) is 68.0 Å². The lowest BCUT2D eigenvalue weighted by atomic mass is 9.98. The maximum atomic E-state index is 13.4. The highest BCUT2D eigenvalue weighted by Crippen LogP contribution is 2.34. The van der Waals surface area contributed by atoms with E-state index < -0.39 is 0 Å². The Kier molecular flexibility index (Phi) is 6.18. The van der Waals surface area contributed by atoms with Crippen LogP contribution in [0.3, 0.4) is 0 Å². The zero-order valence-electron chi connectivity index (χ0n) is 17.4. The molecule has 1 saturated heterocycles. The van der Waals surface area contributed by atoms with Gasteiger partial charge >= 0.3 is 0 Å². The Morgan fingerprint density at radius 3 is 2.60 bits per heavy atom. The summed E-state index contributed by atoms with van der Waals surface area (Å²) in [6, 6.07) is 11.6. The van der Waals surface area contributed by atoms with Crippen molar-refractivity contribution in [2.75, 3.05) is 27.3 Å². The fraction of sp³-hybridized carbons (Fsp3) is 0.435. The number of likely N-dealkylation sites (tertiary alicyclic amines) is 1. The molecule has 160 valence electrons. The van der Waals surface area contributed by atoms with Gasteiger partial charge in [0.15, 0.2) is 11.5 Å². The first kappa shape index (κ1) is 21.0. The van der Waals surface area contributed by atoms with Crippen molar-refractivity contribution >= 4 is 17.5 Å². The molecule has 30 heavy (non-hydrogen) atoms. The van der Waals surface area contributed by atoms with Crippen molar-refractivity contribution in [2.45, 2.75) is 38.0 Å². The van der Waals surface area contributed by atoms with E-state index in [-0.39, 0.29) is 18.0 Å². The first-order chi connectivity index (χ1) is 14.5. The molecule has 2 atom stereocenters. The summed E-state index contributed by atoms with van der Waals surface area (Å²) in [5, 5.41) is 0.705. The van der Waals surface area contributed by atoms with Gasteiger partial charge in [-0.2, -0.15) is 0 Å².